The van der Waals surface area contributed by atoms with E-state index in [2.05, 4.69) is 31.9 Å². The van der Waals surface area contributed by atoms with Crippen LogP contribution in [0.3, 0.4) is 0 Å². The molecule has 0 aliphatic carbocycles. The number of rotatable bonds is 5. The molecule has 0 spiro atoms. The Labute approximate surface area is 163 Å². The molecule has 0 N–H and O–H groups in total. The topological polar surface area (TPSA) is 80.0 Å². The number of anilines is 1. The van der Waals surface area contributed by atoms with Gasteiger partial charge in [0.1, 0.15) is 12.1 Å². The summed E-state index contributed by atoms with van der Waals surface area (Å²) in [7, 11) is 0. The number of hydrogen-bond acceptors (Lipinski definition) is 6. The normalized spacial score (nSPS) is 14.3. The molecule has 0 bridgehead atoms. The average Bonchev–Trinajstić information content (AvgIpc) is 3.23. The third kappa shape index (κ3) is 3.71. The first kappa shape index (κ1) is 18.1. The number of hydrogen-bond donors (Lipinski definition) is 0. The number of aromatic nitrogens is 5. The molecule has 1 aromatic carbocycles. The number of aryl methyl sites for hydroxylation is 1. The lowest BCUT2D eigenvalue weighted by Crippen LogP contribution is -2.49. The van der Waals surface area contributed by atoms with Gasteiger partial charge >= 0.3 is 0 Å². The highest BCUT2D eigenvalue weighted by Crippen LogP contribution is 2.20. The zero-order valence-electron chi connectivity index (χ0n) is 15.9. The van der Waals surface area contributed by atoms with Gasteiger partial charge in [-0.25, -0.2) is 14.6 Å². The van der Waals surface area contributed by atoms with Crippen molar-refractivity contribution in [2.75, 3.05) is 31.1 Å². The van der Waals surface area contributed by atoms with Crippen LogP contribution in [0.1, 0.15) is 23.7 Å². The summed E-state index contributed by atoms with van der Waals surface area (Å²) in [6.45, 7) is 5.71. The quantitative estimate of drug-likeness (QED) is 0.677. The minimum atomic E-state index is 0.0437. The molecule has 144 valence electrons. The lowest BCUT2D eigenvalue weighted by Gasteiger charge is -2.35. The summed E-state index contributed by atoms with van der Waals surface area (Å²) >= 11 is 0. The van der Waals surface area contributed by atoms with Crippen molar-refractivity contribution in [3.05, 3.63) is 54.7 Å². The van der Waals surface area contributed by atoms with Crippen LogP contribution in [0.15, 0.2) is 49.2 Å². The number of carbonyl (C=O) groups is 1. The van der Waals surface area contributed by atoms with E-state index in [1.165, 1.54) is 0 Å². The van der Waals surface area contributed by atoms with Crippen LogP contribution in [0.2, 0.25) is 0 Å². The van der Waals surface area contributed by atoms with Gasteiger partial charge in [-0.05, 0) is 18.6 Å². The molecular formula is C20H23N7O. The number of amides is 1. The van der Waals surface area contributed by atoms with E-state index in [0.29, 0.717) is 18.7 Å². The van der Waals surface area contributed by atoms with Gasteiger partial charge in [0.25, 0.3) is 5.91 Å². The fraction of sp³-hybridized carbons (Fsp3) is 0.350. The zero-order chi connectivity index (χ0) is 19.3. The fourth-order valence-electron chi connectivity index (χ4n) is 3.43. The average molecular weight is 377 g/mol. The summed E-state index contributed by atoms with van der Waals surface area (Å²) < 4.78 is 1.88. The van der Waals surface area contributed by atoms with Crippen molar-refractivity contribution in [2.45, 2.75) is 19.9 Å². The van der Waals surface area contributed by atoms with Gasteiger partial charge in [-0.1, -0.05) is 19.1 Å². The second kappa shape index (κ2) is 8.16. The standard InChI is InChI=1S/C20H23N7O/c1-2-8-27-19(23-15-24-27)16-4-3-5-17(13-16)20(28)26-11-9-25(10-12-26)18-14-21-6-7-22-18/h3-7,13-15H,2,8-12H2,1H3. The Hall–Kier alpha value is -3.29. The van der Waals surface area contributed by atoms with E-state index >= 15 is 0 Å². The highest BCUT2D eigenvalue weighted by atomic mass is 16.2. The van der Waals surface area contributed by atoms with Gasteiger partial charge in [-0.3, -0.25) is 9.78 Å². The van der Waals surface area contributed by atoms with E-state index in [-0.39, 0.29) is 5.91 Å². The molecule has 1 aliphatic rings. The van der Waals surface area contributed by atoms with Gasteiger partial charge in [-0.15, -0.1) is 0 Å². The van der Waals surface area contributed by atoms with Gasteiger partial charge in [-0.2, -0.15) is 5.10 Å². The second-order valence-electron chi connectivity index (χ2n) is 6.73. The molecule has 4 rings (SSSR count). The van der Waals surface area contributed by atoms with Crippen LogP contribution in [0.4, 0.5) is 5.82 Å². The lowest BCUT2D eigenvalue weighted by molar-refractivity contribution is 0.0746. The fourth-order valence-corrected chi connectivity index (χ4v) is 3.43. The summed E-state index contributed by atoms with van der Waals surface area (Å²) in [4.78, 5) is 29.9. The number of piperazine rings is 1. The molecule has 1 fully saturated rings. The molecule has 8 heteroatoms. The Morgan fingerprint density at radius 2 is 1.96 bits per heavy atom. The number of benzene rings is 1. The van der Waals surface area contributed by atoms with Crippen LogP contribution in [0.5, 0.6) is 0 Å². The van der Waals surface area contributed by atoms with E-state index in [4.69, 9.17) is 0 Å². The zero-order valence-corrected chi connectivity index (χ0v) is 15.9. The Balaban J connectivity index is 1.46. The first-order chi connectivity index (χ1) is 13.8. The Kier molecular flexibility index (Phi) is 5.27. The Morgan fingerprint density at radius 1 is 1.11 bits per heavy atom. The maximum Gasteiger partial charge on any atom is 0.253 e. The third-order valence-electron chi connectivity index (χ3n) is 4.86. The van der Waals surface area contributed by atoms with Crippen molar-refractivity contribution in [1.82, 2.24) is 29.6 Å². The Morgan fingerprint density at radius 3 is 2.71 bits per heavy atom. The summed E-state index contributed by atoms with van der Waals surface area (Å²) in [5.41, 5.74) is 1.59. The molecule has 0 saturated carbocycles. The molecular weight excluding hydrogens is 354 g/mol. The van der Waals surface area contributed by atoms with Crippen molar-refractivity contribution in [3.63, 3.8) is 0 Å². The van der Waals surface area contributed by atoms with E-state index in [1.807, 2.05) is 33.8 Å². The molecule has 0 atom stereocenters. The van der Waals surface area contributed by atoms with Gasteiger partial charge < -0.3 is 9.80 Å². The first-order valence-corrected chi connectivity index (χ1v) is 9.54. The van der Waals surface area contributed by atoms with E-state index in [9.17, 15) is 4.79 Å². The summed E-state index contributed by atoms with van der Waals surface area (Å²) in [6, 6.07) is 7.65. The van der Waals surface area contributed by atoms with Crippen molar-refractivity contribution < 1.29 is 4.79 Å². The predicted molar refractivity (Wildman–Crippen MR) is 106 cm³/mol. The molecule has 3 aromatic rings. The minimum absolute atomic E-state index is 0.0437. The molecule has 1 amide bonds. The molecule has 2 aromatic heterocycles. The Bertz CT molecular complexity index is 932. The summed E-state index contributed by atoms with van der Waals surface area (Å²) in [5.74, 6) is 1.69. The molecule has 0 radical (unpaired) electrons. The van der Waals surface area contributed by atoms with E-state index < -0.39 is 0 Å². The predicted octanol–water partition coefficient (Wildman–Crippen LogP) is 2.11. The summed E-state index contributed by atoms with van der Waals surface area (Å²) in [5, 5.41) is 4.28. The van der Waals surface area contributed by atoms with Crippen LogP contribution in [-0.2, 0) is 6.54 Å². The second-order valence-corrected chi connectivity index (χ2v) is 6.73. The molecule has 28 heavy (non-hydrogen) atoms. The van der Waals surface area contributed by atoms with Crippen molar-refractivity contribution in [2.24, 2.45) is 0 Å². The minimum Gasteiger partial charge on any atom is -0.352 e. The molecule has 1 aliphatic heterocycles. The van der Waals surface area contributed by atoms with Crippen LogP contribution in [0.25, 0.3) is 11.4 Å². The number of nitrogens with zero attached hydrogens (tertiary/aromatic N) is 7. The lowest BCUT2D eigenvalue weighted by atomic mass is 10.1. The third-order valence-corrected chi connectivity index (χ3v) is 4.86. The molecule has 8 nitrogen and oxygen atoms in total. The van der Waals surface area contributed by atoms with Crippen LogP contribution in [0, 0.1) is 0 Å². The highest BCUT2D eigenvalue weighted by molar-refractivity contribution is 5.95. The smallest absolute Gasteiger partial charge is 0.253 e. The molecule has 0 unspecified atom stereocenters. The maximum absolute atomic E-state index is 13.0. The van der Waals surface area contributed by atoms with Crippen molar-refractivity contribution >= 4 is 11.7 Å². The monoisotopic (exact) mass is 377 g/mol. The van der Waals surface area contributed by atoms with Gasteiger partial charge in [0.2, 0.25) is 0 Å². The summed E-state index contributed by atoms with van der Waals surface area (Å²) in [6.07, 6.45) is 7.65. The van der Waals surface area contributed by atoms with Gasteiger partial charge in [0.05, 0.1) is 6.20 Å². The van der Waals surface area contributed by atoms with Gasteiger partial charge in [0, 0.05) is 56.2 Å². The van der Waals surface area contributed by atoms with Crippen LogP contribution >= 0.6 is 0 Å². The van der Waals surface area contributed by atoms with E-state index in [0.717, 1.165) is 43.3 Å². The first-order valence-electron chi connectivity index (χ1n) is 9.54. The SMILES string of the molecule is CCCn1ncnc1-c1cccc(C(=O)N2CCN(c3cnccn3)CC2)c1. The van der Waals surface area contributed by atoms with Crippen molar-refractivity contribution in [3.8, 4) is 11.4 Å². The van der Waals surface area contributed by atoms with Crippen molar-refractivity contribution in [1.29, 1.82) is 0 Å². The molecule has 1 saturated heterocycles. The maximum atomic E-state index is 13.0. The molecule has 3 heterocycles. The highest BCUT2D eigenvalue weighted by Gasteiger charge is 2.23. The largest absolute Gasteiger partial charge is 0.352 e. The van der Waals surface area contributed by atoms with Gasteiger partial charge in [0.15, 0.2) is 5.82 Å². The van der Waals surface area contributed by atoms with Crippen LogP contribution < -0.4 is 4.90 Å². The van der Waals surface area contributed by atoms with E-state index in [1.54, 1.807) is 24.9 Å². The van der Waals surface area contributed by atoms with Crippen LogP contribution in [-0.4, -0.2) is 61.7 Å². The number of carbonyl (C=O) groups excluding carboxylic acids is 1.